The lowest BCUT2D eigenvalue weighted by molar-refractivity contribution is 0.0692. The van der Waals surface area contributed by atoms with Crippen LogP contribution in [0, 0.1) is 0 Å². The molecule has 14 heavy (non-hydrogen) atoms. The van der Waals surface area contributed by atoms with E-state index >= 15 is 0 Å². The fraction of sp³-hybridized carbons (Fsp3) is 0. The monoisotopic (exact) mass is 229 g/mol. The third kappa shape index (κ3) is 1.25. The second-order valence-electron chi connectivity index (χ2n) is 2.78. The number of aromatic nitrogens is 1. The van der Waals surface area contributed by atoms with Crippen LogP contribution in [0.25, 0.3) is 10.9 Å². The summed E-state index contributed by atoms with van der Waals surface area (Å²) in [6, 6.07) is 5.11. The lowest BCUT2D eigenvalue weighted by atomic mass is 10.2. The molecule has 1 heterocycles. The predicted octanol–water partition coefficient (Wildman–Crippen LogP) is 3.17. The van der Waals surface area contributed by atoms with E-state index in [2.05, 4.69) is 4.98 Å². The first-order chi connectivity index (χ1) is 6.61. The van der Waals surface area contributed by atoms with Crippen molar-refractivity contribution in [2.24, 2.45) is 0 Å². The van der Waals surface area contributed by atoms with Crippen LogP contribution in [0.5, 0.6) is 0 Å². The number of hydrogen-bond donors (Lipinski definition) is 2. The van der Waals surface area contributed by atoms with Crippen LogP contribution in [0.4, 0.5) is 0 Å². The van der Waals surface area contributed by atoms with Crippen molar-refractivity contribution < 1.29 is 9.90 Å². The Labute approximate surface area is 89.2 Å². The van der Waals surface area contributed by atoms with E-state index in [1.807, 2.05) is 0 Å². The van der Waals surface area contributed by atoms with E-state index in [1.54, 1.807) is 18.2 Å². The van der Waals surface area contributed by atoms with Crippen LogP contribution in [0.2, 0.25) is 10.0 Å². The molecule has 1 aromatic carbocycles. The summed E-state index contributed by atoms with van der Waals surface area (Å²) in [5, 5.41) is 9.94. The number of halogens is 2. The van der Waals surface area contributed by atoms with Gasteiger partial charge in [-0.1, -0.05) is 29.3 Å². The quantitative estimate of drug-likeness (QED) is 0.790. The molecule has 0 atom stereocenters. The van der Waals surface area contributed by atoms with Gasteiger partial charge in [-0.25, -0.2) is 4.79 Å². The minimum atomic E-state index is -1.10. The van der Waals surface area contributed by atoms with Gasteiger partial charge < -0.3 is 10.1 Å². The fourth-order valence-electron chi connectivity index (χ4n) is 1.31. The second kappa shape index (κ2) is 3.19. The highest BCUT2D eigenvalue weighted by molar-refractivity contribution is 6.44. The Morgan fingerprint density at radius 3 is 2.64 bits per heavy atom. The predicted molar refractivity (Wildman–Crippen MR) is 55.3 cm³/mol. The summed E-state index contributed by atoms with van der Waals surface area (Å²) in [6.07, 6.45) is 0. The Kier molecular flexibility index (Phi) is 2.13. The van der Waals surface area contributed by atoms with Crippen molar-refractivity contribution in [1.29, 1.82) is 0 Å². The molecule has 2 N–H and O–H groups in total. The molecule has 0 aliphatic heterocycles. The smallest absolute Gasteiger partial charge is 0.353 e. The molecule has 3 nitrogen and oxygen atoms in total. The summed E-state index contributed by atoms with van der Waals surface area (Å²) in [5.74, 6) is -1.10. The zero-order valence-electron chi connectivity index (χ0n) is 6.84. The molecule has 72 valence electrons. The summed E-state index contributed by atoms with van der Waals surface area (Å²) in [6.45, 7) is 0. The molecule has 0 aliphatic rings. The molecule has 2 aromatic rings. The van der Waals surface area contributed by atoms with Crippen LogP contribution < -0.4 is 0 Å². The summed E-state index contributed by atoms with van der Waals surface area (Å²) >= 11 is 11.7. The minimum Gasteiger partial charge on any atom is -0.477 e. The molecule has 0 aliphatic carbocycles. The maximum atomic E-state index is 10.7. The molecule has 0 radical (unpaired) electrons. The Hall–Kier alpha value is -1.19. The first kappa shape index (κ1) is 9.37. The zero-order valence-corrected chi connectivity index (χ0v) is 8.36. The van der Waals surface area contributed by atoms with E-state index in [4.69, 9.17) is 28.3 Å². The van der Waals surface area contributed by atoms with Crippen molar-refractivity contribution in [3.05, 3.63) is 33.9 Å². The second-order valence-corrected chi connectivity index (χ2v) is 3.57. The third-order valence-electron chi connectivity index (χ3n) is 1.93. The van der Waals surface area contributed by atoms with Crippen molar-refractivity contribution in [3.63, 3.8) is 0 Å². The first-order valence-electron chi connectivity index (χ1n) is 3.80. The van der Waals surface area contributed by atoms with Crippen LogP contribution in [0.1, 0.15) is 10.5 Å². The van der Waals surface area contributed by atoms with Crippen LogP contribution in [-0.4, -0.2) is 16.1 Å². The van der Waals surface area contributed by atoms with Gasteiger partial charge in [-0.3, -0.25) is 0 Å². The normalized spacial score (nSPS) is 10.7. The Bertz CT molecular complexity index is 519. The molecule has 0 fully saturated rings. The highest BCUT2D eigenvalue weighted by Crippen LogP contribution is 2.32. The number of carboxylic acid groups (broad SMARTS) is 1. The standard InChI is InChI=1S/C9H5Cl2NO2/c10-4-2-1-3-5-6(4)7(11)8(12-5)9(13)14/h1-3,12H,(H,13,14). The van der Waals surface area contributed by atoms with Gasteiger partial charge in [0.1, 0.15) is 5.69 Å². The number of hydrogen-bond acceptors (Lipinski definition) is 1. The summed E-state index contributed by atoms with van der Waals surface area (Å²) in [7, 11) is 0. The average molecular weight is 230 g/mol. The molecule has 1 aromatic heterocycles. The van der Waals surface area contributed by atoms with E-state index < -0.39 is 5.97 Å². The van der Waals surface area contributed by atoms with E-state index in [-0.39, 0.29) is 10.7 Å². The Morgan fingerprint density at radius 2 is 2.07 bits per heavy atom. The zero-order chi connectivity index (χ0) is 10.3. The van der Waals surface area contributed by atoms with Crippen LogP contribution in [0.15, 0.2) is 18.2 Å². The van der Waals surface area contributed by atoms with Crippen LogP contribution in [0.3, 0.4) is 0 Å². The van der Waals surface area contributed by atoms with Gasteiger partial charge in [-0.15, -0.1) is 0 Å². The summed E-state index contributed by atoms with van der Waals surface area (Å²) < 4.78 is 0. The van der Waals surface area contributed by atoms with Gasteiger partial charge in [-0.05, 0) is 12.1 Å². The number of fused-ring (bicyclic) bond motifs is 1. The van der Waals surface area contributed by atoms with Gasteiger partial charge in [0.25, 0.3) is 0 Å². The molecule has 0 amide bonds. The summed E-state index contributed by atoms with van der Waals surface area (Å²) in [4.78, 5) is 13.4. The number of nitrogens with one attached hydrogen (secondary N) is 1. The number of aromatic amines is 1. The SMILES string of the molecule is O=C(O)c1[nH]c2cccc(Cl)c2c1Cl. The largest absolute Gasteiger partial charge is 0.477 e. The first-order valence-corrected chi connectivity index (χ1v) is 4.56. The lowest BCUT2D eigenvalue weighted by Gasteiger charge is -1.92. The van der Waals surface area contributed by atoms with Crippen molar-refractivity contribution in [3.8, 4) is 0 Å². The minimum absolute atomic E-state index is 0.0326. The van der Waals surface area contributed by atoms with Gasteiger partial charge in [0, 0.05) is 10.9 Å². The molecular formula is C9H5Cl2NO2. The highest BCUT2D eigenvalue weighted by Gasteiger charge is 2.16. The maximum Gasteiger partial charge on any atom is 0.353 e. The van der Waals surface area contributed by atoms with Gasteiger partial charge in [0.05, 0.1) is 10.0 Å². The molecular weight excluding hydrogens is 225 g/mol. The molecule has 0 spiro atoms. The van der Waals surface area contributed by atoms with Gasteiger partial charge >= 0.3 is 5.97 Å². The van der Waals surface area contributed by atoms with Gasteiger partial charge in [0.2, 0.25) is 0 Å². The third-order valence-corrected chi connectivity index (χ3v) is 2.62. The van der Waals surface area contributed by atoms with E-state index in [9.17, 15) is 4.79 Å². The molecule has 5 heteroatoms. The Morgan fingerprint density at radius 1 is 1.36 bits per heavy atom. The number of benzene rings is 1. The number of rotatable bonds is 1. The van der Waals surface area contributed by atoms with E-state index in [0.29, 0.717) is 15.9 Å². The van der Waals surface area contributed by atoms with Gasteiger partial charge in [0.15, 0.2) is 0 Å². The average Bonchev–Trinajstić information content (AvgIpc) is 2.45. The topological polar surface area (TPSA) is 53.1 Å². The molecule has 2 rings (SSSR count). The highest BCUT2D eigenvalue weighted by atomic mass is 35.5. The number of carboxylic acids is 1. The Balaban J connectivity index is 2.87. The van der Waals surface area contributed by atoms with Crippen LogP contribution >= 0.6 is 23.2 Å². The molecule has 0 saturated heterocycles. The lowest BCUT2D eigenvalue weighted by Crippen LogP contribution is -1.96. The number of H-pyrrole nitrogens is 1. The molecule has 0 bridgehead atoms. The van der Waals surface area contributed by atoms with Crippen molar-refractivity contribution in [2.45, 2.75) is 0 Å². The number of aromatic carboxylic acids is 1. The van der Waals surface area contributed by atoms with Crippen molar-refractivity contribution >= 4 is 40.1 Å². The van der Waals surface area contributed by atoms with Crippen molar-refractivity contribution in [1.82, 2.24) is 4.98 Å². The van der Waals surface area contributed by atoms with Gasteiger partial charge in [-0.2, -0.15) is 0 Å². The fourth-order valence-corrected chi connectivity index (χ4v) is 1.96. The van der Waals surface area contributed by atoms with E-state index in [1.165, 1.54) is 0 Å². The molecule has 0 saturated carbocycles. The summed E-state index contributed by atoms with van der Waals surface area (Å²) in [5.41, 5.74) is 0.592. The molecule has 0 unspecified atom stereocenters. The van der Waals surface area contributed by atoms with Crippen molar-refractivity contribution in [2.75, 3.05) is 0 Å². The number of carbonyl (C=O) groups is 1. The van der Waals surface area contributed by atoms with E-state index in [0.717, 1.165) is 0 Å². The van der Waals surface area contributed by atoms with Crippen LogP contribution in [-0.2, 0) is 0 Å². The maximum absolute atomic E-state index is 10.7.